The lowest BCUT2D eigenvalue weighted by molar-refractivity contribution is -0.157. The van der Waals surface area contributed by atoms with Crippen molar-refractivity contribution >= 4 is 12.0 Å². The SMILES string of the molecule is COc1ccc(CN2C(=O)[C@@H]3[C@H]2[C@H](O)CN3C(=O)O)cc1OC. The maximum Gasteiger partial charge on any atom is 0.408 e. The molecule has 0 radical (unpaired) electrons. The van der Waals surface area contributed by atoms with Gasteiger partial charge in [0.1, 0.15) is 6.04 Å². The predicted molar refractivity (Wildman–Crippen MR) is 78.4 cm³/mol. The number of amides is 2. The Morgan fingerprint density at radius 2 is 2.00 bits per heavy atom. The van der Waals surface area contributed by atoms with Gasteiger partial charge >= 0.3 is 6.09 Å². The van der Waals surface area contributed by atoms with Crippen LogP contribution >= 0.6 is 0 Å². The standard InChI is InChI=1S/C15H18N2O6/c1-22-10-4-3-8(5-11(10)23-2)6-16-12-9(18)7-17(15(20)21)13(12)14(16)19/h3-5,9,12-13,18H,6-7H2,1-2H3,(H,20,21)/t9-,12-,13+/m1/s1. The molecule has 2 fully saturated rings. The van der Waals surface area contributed by atoms with Gasteiger partial charge in [0.25, 0.3) is 0 Å². The Hall–Kier alpha value is -2.48. The number of likely N-dealkylation sites (tertiary alicyclic amines) is 2. The van der Waals surface area contributed by atoms with Crippen molar-refractivity contribution in [3.8, 4) is 11.5 Å². The summed E-state index contributed by atoms with van der Waals surface area (Å²) in [4.78, 5) is 25.9. The summed E-state index contributed by atoms with van der Waals surface area (Å²) in [5, 5.41) is 19.1. The molecule has 0 unspecified atom stereocenters. The highest BCUT2D eigenvalue weighted by Gasteiger charge is 2.60. The number of methoxy groups -OCH3 is 2. The first-order chi connectivity index (χ1) is 11.0. The normalized spacial score (nSPS) is 25.9. The van der Waals surface area contributed by atoms with E-state index < -0.39 is 24.3 Å². The molecule has 3 rings (SSSR count). The first-order valence-electron chi connectivity index (χ1n) is 7.17. The minimum absolute atomic E-state index is 0.0428. The molecule has 2 aliphatic heterocycles. The number of nitrogens with zero attached hydrogens (tertiary/aromatic N) is 2. The molecule has 2 N–H and O–H groups in total. The molecule has 2 aliphatic rings. The van der Waals surface area contributed by atoms with Crippen LogP contribution in [0.4, 0.5) is 4.79 Å². The summed E-state index contributed by atoms with van der Waals surface area (Å²) in [5.74, 6) is 0.847. The minimum Gasteiger partial charge on any atom is -0.493 e. The van der Waals surface area contributed by atoms with Crippen molar-refractivity contribution in [2.75, 3.05) is 20.8 Å². The van der Waals surface area contributed by atoms with Crippen LogP contribution in [0.15, 0.2) is 18.2 Å². The second-order valence-electron chi connectivity index (χ2n) is 5.59. The van der Waals surface area contributed by atoms with Gasteiger partial charge in [-0.15, -0.1) is 0 Å². The third-order valence-corrected chi connectivity index (χ3v) is 4.38. The molecule has 3 atom stereocenters. The zero-order valence-electron chi connectivity index (χ0n) is 12.8. The molecule has 1 aromatic carbocycles. The Bertz CT molecular complexity index is 649. The maximum absolute atomic E-state index is 12.2. The molecule has 8 heteroatoms. The van der Waals surface area contributed by atoms with Gasteiger partial charge in [-0.2, -0.15) is 0 Å². The number of rotatable bonds is 4. The molecule has 0 saturated carbocycles. The van der Waals surface area contributed by atoms with Gasteiger partial charge in [0.2, 0.25) is 5.91 Å². The van der Waals surface area contributed by atoms with Gasteiger partial charge in [-0.25, -0.2) is 4.79 Å². The maximum atomic E-state index is 12.2. The number of fused-ring (bicyclic) bond motifs is 1. The van der Waals surface area contributed by atoms with Crippen molar-refractivity contribution < 1.29 is 29.3 Å². The second kappa shape index (κ2) is 5.62. The fraction of sp³-hybridized carbons (Fsp3) is 0.467. The lowest BCUT2D eigenvalue weighted by Gasteiger charge is -2.45. The molecule has 8 nitrogen and oxygen atoms in total. The molecule has 23 heavy (non-hydrogen) atoms. The fourth-order valence-corrected chi connectivity index (χ4v) is 3.27. The van der Waals surface area contributed by atoms with Gasteiger partial charge < -0.3 is 24.6 Å². The molecule has 0 bridgehead atoms. The Labute approximate surface area is 132 Å². The van der Waals surface area contributed by atoms with Crippen LogP contribution in [0, 0.1) is 0 Å². The number of aliphatic hydroxyl groups is 1. The Balaban J connectivity index is 1.77. The largest absolute Gasteiger partial charge is 0.493 e. The highest BCUT2D eigenvalue weighted by Crippen LogP contribution is 2.36. The van der Waals surface area contributed by atoms with Crippen LogP contribution in [0.2, 0.25) is 0 Å². The zero-order valence-corrected chi connectivity index (χ0v) is 12.8. The summed E-state index contributed by atoms with van der Waals surface area (Å²) in [5.41, 5.74) is 0.815. The topological polar surface area (TPSA) is 99.5 Å². The number of β-amino-alcohol motifs (C(OH)–C–C–N with tert-alkyl or cyclic N) is 1. The van der Waals surface area contributed by atoms with Crippen LogP contribution in [0.5, 0.6) is 11.5 Å². The molecular weight excluding hydrogens is 304 g/mol. The number of hydrogen-bond donors (Lipinski definition) is 2. The Morgan fingerprint density at radius 1 is 1.30 bits per heavy atom. The molecule has 2 saturated heterocycles. The van der Waals surface area contributed by atoms with Gasteiger partial charge in [0.05, 0.1) is 32.9 Å². The predicted octanol–water partition coefficient (Wildman–Crippen LogP) is 0.138. The zero-order chi connectivity index (χ0) is 16.7. The number of carbonyl (C=O) groups excluding carboxylic acids is 1. The number of β-lactam (4-membered cyclic amide) rings is 1. The lowest BCUT2D eigenvalue weighted by Crippen LogP contribution is -2.68. The van der Waals surface area contributed by atoms with E-state index in [9.17, 15) is 14.7 Å². The highest BCUT2D eigenvalue weighted by atomic mass is 16.5. The third-order valence-electron chi connectivity index (χ3n) is 4.38. The van der Waals surface area contributed by atoms with Crippen molar-refractivity contribution in [2.45, 2.75) is 24.7 Å². The van der Waals surface area contributed by atoms with E-state index in [2.05, 4.69) is 0 Å². The second-order valence-corrected chi connectivity index (χ2v) is 5.59. The van der Waals surface area contributed by atoms with Gasteiger partial charge in [-0.1, -0.05) is 6.07 Å². The Kier molecular flexibility index (Phi) is 3.77. The van der Waals surface area contributed by atoms with E-state index in [-0.39, 0.29) is 19.0 Å². The molecule has 0 aromatic heterocycles. The number of carbonyl (C=O) groups is 2. The van der Waals surface area contributed by atoms with Crippen LogP contribution < -0.4 is 9.47 Å². The summed E-state index contributed by atoms with van der Waals surface area (Å²) >= 11 is 0. The molecule has 2 amide bonds. The number of aliphatic hydroxyl groups excluding tert-OH is 1. The summed E-state index contributed by atoms with van der Waals surface area (Å²) in [6, 6.07) is 4.03. The number of carboxylic acid groups (broad SMARTS) is 1. The van der Waals surface area contributed by atoms with Crippen LogP contribution in [-0.2, 0) is 11.3 Å². The summed E-state index contributed by atoms with van der Waals surface area (Å²) < 4.78 is 10.4. The number of hydrogen-bond acceptors (Lipinski definition) is 5. The van der Waals surface area contributed by atoms with Crippen LogP contribution in [0.25, 0.3) is 0 Å². The molecule has 0 spiro atoms. The van der Waals surface area contributed by atoms with Gasteiger partial charge in [-0.05, 0) is 17.7 Å². The van der Waals surface area contributed by atoms with Crippen molar-refractivity contribution in [1.29, 1.82) is 0 Å². The minimum atomic E-state index is -1.18. The van der Waals surface area contributed by atoms with Crippen LogP contribution in [-0.4, -0.2) is 71.0 Å². The third kappa shape index (κ3) is 2.35. The number of benzene rings is 1. The van der Waals surface area contributed by atoms with E-state index in [0.717, 1.165) is 10.5 Å². The van der Waals surface area contributed by atoms with E-state index in [1.165, 1.54) is 19.1 Å². The van der Waals surface area contributed by atoms with E-state index in [1.807, 2.05) is 0 Å². The van der Waals surface area contributed by atoms with E-state index in [4.69, 9.17) is 14.6 Å². The first-order valence-corrected chi connectivity index (χ1v) is 7.17. The number of ether oxygens (including phenoxy) is 2. The van der Waals surface area contributed by atoms with Gasteiger partial charge in [0, 0.05) is 6.54 Å². The lowest BCUT2D eigenvalue weighted by atomic mass is 9.93. The average Bonchev–Trinajstić information content (AvgIpc) is 2.86. The average molecular weight is 322 g/mol. The molecule has 1 aromatic rings. The molecular formula is C15H18N2O6. The quantitative estimate of drug-likeness (QED) is 0.765. The van der Waals surface area contributed by atoms with Gasteiger partial charge in [-0.3, -0.25) is 9.69 Å². The summed E-state index contributed by atoms with van der Waals surface area (Å²) in [6.07, 6.45) is -2.05. The molecule has 0 aliphatic carbocycles. The molecule has 124 valence electrons. The van der Waals surface area contributed by atoms with E-state index in [1.54, 1.807) is 18.2 Å². The highest BCUT2D eigenvalue weighted by molar-refractivity contribution is 5.93. The van der Waals surface area contributed by atoms with Crippen LogP contribution in [0.3, 0.4) is 0 Å². The van der Waals surface area contributed by atoms with E-state index in [0.29, 0.717) is 11.5 Å². The summed E-state index contributed by atoms with van der Waals surface area (Å²) in [6.45, 7) is 0.240. The van der Waals surface area contributed by atoms with Crippen LogP contribution in [0.1, 0.15) is 5.56 Å². The fourth-order valence-electron chi connectivity index (χ4n) is 3.27. The van der Waals surface area contributed by atoms with Crippen molar-refractivity contribution in [3.05, 3.63) is 23.8 Å². The van der Waals surface area contributed by atoms with E-state index >= 15 is 0 Å². The van der Waals surface area contributed by atoms with Crippen molar-refractivity contribution in [2.24, 2.45) is 0 Å². The van der Waals surface area contributed by atoms with Gasteiger partial charge in [0.15, 0.2) is 11.5 Å². The van der Waals surface area contributed by atoms with Crippen molar-refractivity contribution in [1.82, 2.24) is 9.80 Å². The Morgan fingerprint density at radius 3 is 2.61 bits per heavy atom. The smallest absolute Gasteiger partial charge is 0.408 e. The monoisotopic (exact) mass is 322 g/mol. The first kappa shape index (κ1) is 15.4. The van der Waals surface area contributed by atoms with Crippen molar-refractivity contribution in [3.63, 3.8) is 0 Å². The molecule has 2 heterocycles. The summed E-state index contributed by atoms with van der Waals surface area (Å²) in [7, 11) is 3.06.